The number of thiazole rings is 1. The van der Waals surface area contributed by atoms with E-state index >= 15 is 0 Å². The molecule has 2 aliphatic rings. The fourth-order valence-electron chi connectivity index (χ4n) is 5.12. The molecule has 42 heavy (non-hydrogen) atoms. The molecule has 1 aromatic heterocycles. The first-order valence-electron chi connectivity index (χ1n) is 13.5. The summed E-state index contributed by atoms with van der Waals surface area (Å²) in [5.74, 6) is -0.106. The topological polar surface area (TPSA) is 118 Å². The Morgan fingerprint density at radius 3 is 2.57 bits per heavy atom. The molecule has 2 heterocycles. The minimum Gasteiger partial charge on any atom is -0.493 e. The first-order chi connectivity index (χ1) is 20.1. The molecule has 0 unspecified atom stereocenters. The number of fused-ring (bicyclic) bond motifs is 2. The van der Waals surface area contributed by atoms with Gasteiger partial charge in [0.05, 0.1) is 34.2 Å². The van der Waals surface area contributed by atoms with E-state index in [1.807, 2.05) is 24.3 Å². The maximum atomic E-state index is 13.2. The summed E-state index contributed by atoms with van der Waals surface area (Å²) in [5, 5.41) is 6.32. The molecule has 4 aromatic rings. The van der Waals surface area contributed by atoms with E-state index in [4.69, 9.17) is 4.74 Å². The highest BCUT2D eigenvalue weighted by Gasteiger charge is 2.43. The van der Waals surface area contributed by atoms with Crippen molar-refractivity contribution >= 4 is 38.7 Å². The van der Waals surface area contributed by atoms with Gasteiger partial charge in [-0.2, -0.15) is 0 Å². The second-order valence-electron chi connectivity index (χ2n) is 11.0. The van der Waals surface area contributed by atoms with Crippen LogP contribution in [-0.2, 0) is 16.4 Å². The quantitative estimate of drug-likeness (QED) is 0.281. The Morgan fingerprint density at radius 2 is 1.83 bits per heavy atom. The van der Waals surface area contributed by atoms with Crippen molar-refractivity contribution in [3.05, 3.63) is 88.9 Å². The van der Waals surface area contributed by atoms with Gasteiger partial charge in [0.1, 0.15) is 10.8 Å². The molecule has 1 saturated carbocycles. The van der Waals surface area contributed by atoms with Crippen LogP contribution in [0.2, 0.25) is 0 Å². The number of amides is 2. The standard InChI is InChI=1S/C31H30N4O5S2/c1-35(2)18-31(13-14-31)19-40-22-10-7-20(8-11-22)30-33-17-23(41-30)16-32-28(36)21-9-12-27-25(15-21)34-29(37)24-5-3-4-6-26(24)42(27,38)39/h3-12,15,17H,13-14,16,18-19H2,1-2H3,(H,32,36)(H,34,37). The van der Waals surface area contributed by atoms with E-state index in [-0.39, 0.29) is 38.6 Å². The van der Waals surface area contributed by atoms with Gasteiger partial charge in [-0.25, -0.2) is 13.4 Å². The predicted molar refractivity (Wildman–Crippen MR) is 161 cm³/mol. The number of nitrogens with zero attached hydrogens (tertiary/aromatic N) is 2. The number of nitrogens with one attached hydrogen (secondary N) is 2. The maximum absolute atomic E-state index is 13.2. The lowest BCUT2D eigenvalue weighted by molar-refractivity contribution is 0.0949. The molecule has 11 heteroatoms. The van der Waals surface area contributed by atoms with Crippen molar-refractivity contribution in [3.63, 3.8) is 0 Å². The molecule has 1 fully saturated rings. The lowest BCUT2D eigenvalue weighted by atomic mass is 10.1. The van der Waals surface area contributed by atoms with E-state index in [9.17, 15) is 18.0 Å². The van der Waals surface area contributed by atoms with Crippen LogP contribution in [0.3, 0.4) is 0 Å². The minimum atomic E-state index is -3.94. The largest absolute Gasteiger partial charge is 0.493 e. The van der Waals surface area contributed by atoms with Crippen LogP contribution in [0.1, 0.15) is 38.4 Å². The first kappa shape index (κ1) is 28.1. The fraction of sp³-hybridized carbons (Fsp3) is 0.258. The average molecular weight is 603 g/mol. The lowest BCUT2D eigenvalue weighted by Crippen LogP contribution is -2.27. The van der Waals surface area contributed by atoms with Crippen LogP contribution in [0.4, 0.5) is 5.69 Å². The Kier molecular flexibility index (Phi) is 7.34. The van der Waals surface area contributed by atoms with Gasteiger partial charge in [-0.3, -0.25) is 9.59 Å². The van der Waals surface area contributed by atoms with Gasteiger partial charge in [0.25, 0.3) is 11.8 Å². The summed E-state index contributed by atoms with van der Waals surface area (Å²) in [7, 11) is 0.241. The van der Waals surface area contributed by atoms with Gasteiger partial charge in [-0.15, -0.1) is 11.3 Å². The van der Waals surface area contributed by atoms with E-state index in [0.29, 0.717) is 6.61 Å². The maximum Gasteiger partial charge on any atom is 0.257 e. The molecule has 1 aliphatic heterocycles. The average Bonchev–Trinajstić information content (AvgIpc) is 3.58. The number of benzene rings is 3. The molecule has 2 N–H and O–H groups in total. The normalized spacial score (nSPS) is 16.1. The third-order valence-corrected chi connectivity index (χ3v) is 10.3. The summed E-state index contributed by atoms with van der Waals surface area (Å²) >= 11 is 1.47. The van der Waals surface area contributed by atoms with Gasteiger partial charge < -0.3 is 20.3 Å². The van der Waals surface area contributed by atoms with Crippen molar-refractivity contribution in [1.29, 1.82) is 0 Å². The highest BCUT2D eigenvalue weighted by atomic mass is 32.2. The summed E-state index contributed by atoms with van der Waals surface area (Å²) in [5.41, 5.74) is 1.60. The Morgan fingerprint density at radius 1 is 1.07 bits per heavy atom. The van der Waals surface area contributed by atoms with E-state index in [1.165, 1.54) is 54.5 Å². The number of carbonyl (C=O) groups excluding carboxylic acids is 2. The van der Waals surface area contributed by atoms with Crippen molar-refractivity contribution in [1.82, 2.24) is 15.2 Å². The van der Waals surface area contributed by atoms with Crippen molar-refractivity contribution in [2.75, 3.05) is 32.6 Å². The van der Waals surface area contributed by atoms with Crippen LogP contribution >= 0.6 is 11.3 Å². The summed E-state index contributed by atoms with van der Waals surface area (Å²) < 4.78 is 32.5. The Bertz CT molecular complexity index is 1780. The second-order valence-corrected chi connectivity index (χ2v) is 14.0. The van der Waals surface area contributed by atoms with Crippen molar-refractivity contribution in [2.45, 2.75) is 29.2 Å². The van der Waals surface area contributed by atoms with Crippen LogP contribution < -0.4 is 15.4 Å². The monoisotopic (exact) mass is 602 g/mol. The molecule has 0 radical (unpaired) electrons. The zero-order chi connectivity index (χ0) is 29.5. The molecule has 6 rings (SSSR count). The number of aromatic nitrogens is 1. The Balaban J connectivity index is 1.09. The van der Waals surface area contributed by atoms with Crippen LogP contribution in [0.5, 0.6) is 5.75 Å². The highest BCUT2D eigenvalue weighted by molar-refractivity contribution is 7.91. The third kappa shape index (κ3) is 5.67. The molecule has 2 amide bonds. The van der Waals surface area contributed by atoms with Crippen molar-refractivity contribution < 1.29 is 22.7 Å². The summed E-state index contributed by atoms with van der Waals surface area (Å²) in [6.07, 6.45) is 4.12. The van der Waals surface area contributed by atoms with Crippen LogP contribution in [-0.4, -0.2) is 57.4 Å². The number of rotatable bonds is 9. The van der Waals surface area contributed by atoms with Crippen LogP contribution in [0.25, 0.3) is 10.6 Å². The molecular formula is C31H30N4O5S2. The third-order valence-electron chi connectivity index (χ3n) is 7.43. The van der Waals surface area contributed by atoms with E-state index < -0.39 is 21.7 Å². The second kappa shape index (κ2) is 11.0. The summed E-state index contributed by atoms with van der Waals surface area (Å²) in [4.78, 5) is 33.1. The number of hydrogen-bond donors (Lipinski definition) is 2. The number of hydrogen-bond acceptors (Lipinski definition) is 8. The number of sulfone groups is 1. The van der Waals surface area contributed by atoms with E-state index in [0.717, 1.165) is 27.7 Å². The number of anilines is 1. The SMILES string of the molecule is CN(C)CC1(COc2ccc(-c3ncc(CNC(=O)c4ccc5c(c4)NC(=O)c4ccccc4S5(=O)=O)s3)cc2)CC1. The van der Waals surface area contributed by atoms with Gasteiger partial charge in [0.15, 0.2) is 0 Å². The Labute approximate surface area is 248 Å². The first-order valence-corrected chi connectivity index (χ1v) is 15.8. The molecule has 0 saturated heterocycles. The summed E-state index contributed by atoms with van der Waals surface area (Å²) in [6.45, 7) is 1.99. The number of ether oxygens (including phenoxy) is 1. The smallest absolute Gasteiger partial charge is 0.257 e. The van der Waals surface area contributed by atoms with E-state index in [1.54, 1.807) is 18.3 Å². The lowest BCUT2D eigenvalue weighted by Gasteiger charge is -2.20. The minimum absolute atomic E-state index is 0.0542. The molecule has 0 bridgehead atoms. The zero-order valence-electron chi connectivity index (χ0n) is 23.2. The summed E-state index contributed by atoms with van der Waals surface area (Å²) in [6, 6.07) is 18.1. The molecule has 1 aliphatic carbocycles. The van der Waals surface area contributed by atoms with Crippen LogP contribution in [0.15, 0.2) is 82.7 Å². The van der Waals surface area contributed by atoms with Crippen molar-refractivity contribution in [2.24, 2.45) is 5.41 Å². The Hall–Kier alpha value is -4.06. The molecule has 3 aromatic carbocycles. The van der Waals surface area contributed by atoms with E-state index in [2.05, 4.69) is 34.6 Å². The van der Waals surface area contributed by atoms with Gasteiger partial charge in [0.2, 0.25) is 9.84 Å². The molecular weight excluding hydrogens is 572 g/mol. The number of carbonyl (C=O) groups is 2. The molecule has 9 nitrogen and oxygen atoms in total. The molecule has 216 valence electrons. The van der Waals surface area contributed by atoms with Gasteiger partial charge in [0, 0.05) is 34.2 Å². The zero-order valence-corrected chi connectivity index (χ0v) is 24.8. The van der Waals surface area contributed by atoms with Crippen LogP contribution in [0, 0.1) is 5.41 Å². The van der Waals surface area contributed by atoms with Gasteiger partial charge >= 0.3 is 0 Å². The molecule has 0 spiro atoms. The highest BCUT2D eigenvalue weighted by Crippen LogP contribution is 2.46. The molecule has 0 atom stereocenters. The van der Waals surface area contributed by atoms with Gasteiger partial charge in [-0.1, -0.05) is 12.1 Å². The predicted octanol–water partition coefficient (Wildman–Crippen LogP) is 4.86. The fourth-order valence-corrected chi connectivity index (χ4v) is 7.57. The van der Waals surface area contributed by atoms with Gasteiger partial charge in [-0.05, 0) is 81.5 Å². The van der Waals surface area contributed by atoms with Crippen molar-refractivity contribution in [3.8, 4) is 16.3 Å².